The van der Waals surface area contributed by atoms with Gasteiger partial charge in [-0.15, -0.1) is 0 Å². The molecule has 1 saturated heterocycles. The fourth-order valence-corrected chi connectivity index (χ4v) is 2.15. The van der Waals surface area contributed by atoms with Gasteiger partial charge in [0, 0.05) is 36.8 Å². The molecule has 1 heterocycles. The Balaban J connectivity index is 1.96. The van der Waals surface area contributed by atoms with Crippen LogP contribution in [-0.2, 0) is 6.54 Å². The van der Waals surface area contributed by atoms with E-state index in [-0.39, 0.29) is 5.54 Å². The summed E-state index contributed by atoms with van der Waals surface area (Å²) in [4.78, 5) is 2.08. The fraction of sp³-hybridized carbons (Fsp3) is 0.538. The van der Waals surface area contributed by atoms with Gasteiger partial charge >= 0.3 is 0 Å². The number of hydrogen-bond acceptors (Lipinski definition) is 2. The van der Waals surface area contributed by atoms with E-state index in [1.165, 1.54) is 12.1 Å². The zero-order valence-corrected chi connectivity index (χ0v) is 10.2. The molecule has 0 bridgehead atoms. The number of halogens is 2. The van der Waals surface area contributed by atoms with Crippen LogP contribution in [0.3, 0.4) is 0 Å². The normalized spacial score (nSPS) is 19.4. The van der Waals surface area contributed by atoms with E-state index in [4.69, 9.17) is 5.73 Å². The van der Waals surface area contributed by atoms with Crippen LogP contribution in [-0.4, -0.2) is 23.5 Å². The minimum atomic E-state index is -0.537. The van der Waals surface area contributed by atoms with Crippen LogP contribution in [0.25, 0.3) is 0 Å². The molecule has 0 unspecified atom stereocenters. The van der Waals surface area contributed by atoms with E-state index < -0.39 is 11.6 Å². The molecule has 4 heteroatoms. The second-order valence-electron chi connectivity index (χ2n) is 5.27. The Morgan fingerprint density at radius 2 is 2.00 bits per heavy atom. The van der Waals surface area contributed by atoms with E-state index in [0.717, 1.165) is 19.2 Å². The van der Waals surface area contributed by atoms with Gasteiger partial charge in [0.25, 0.3) is 0 Å². The molecule has 0 aromatic heterocycles. The monoisotopic (exact) mass is 240 g/mol. The van der Waals surface area contributed by atoms with Gasteiger partial charge in [0.15, 0.2) is 0 Å². The van der Waals surface area contributed by atoms with E-state index in [1.807, 2.05) is 0 Å². The molecule has 0 saturated carbocycles. The second-order valence-corrected chi connectivity index (χ2v) is 5.27. The Hall–Kier alpha value is -1.00. The lowest BCUT2D eigenvalue weighted by Gasteiger charge is -2.50. The summed E-state index contributed by atoms with van der Waals surface area (Å²) in [6.45, 7) is 6.21. The maximum atomic E-state index is 13.4. The van der Waals surface area contributed by atoms with Crippen molar-refractivity contribution in [1.82, 2.24) is 4.90 Å². The maximum absolute atomic E-state index is 13.4. The summed E-state index contributed by atoms with van der Waals surface area (Å²) in [5.74, 6) is -0.605. The average molecular weight is 240 g/mol. The number of nitrogens with two attached hydrogens (primary N) is 1. The predicted octanol–water partition coefficient (Wildman–Crippen LogP) is 2.13. The molecular formula is C13H18F2N2. The van der Waals surface area contributed by atoms with Gasteiger partial charge in [-0.3, -0.25) is 4.90 Å². The van der Waals surface area contributed by atoms with Crippen LogP contribution >= 0.6 is 0 Å². The smallest absolute Gasteiger partial charge is 0.130 e. The van der Waals surface area contributed by atoms with E-state index in [9.17, 15) is 8.78 Å². The molecule has 0 spiro atoms. The van der Waals surface area contributed by atoms with E-state index in [0.29, 0.717) is 18.0 Å². The van der Waals surface area contributed by atoms with Crippen molar-refractivity contribution in [3.8, 4) is 0 Å². The quantitative estimate of drug-likeness (QED) is 0.877. The third-order valence-corrected chi connectivity index (χ3v) is 3.59. The number of rotatable bonds is 3. The van der Waals surface area contributed by atoms with Crippen LogP contribution < -0.4 is 5.73 Å². The van der Waals surface area contributed by atoms with E-state index in [1.54, 1.807) is 0 Å². The van der Waals surface area contributed by atoms with Crippen molar-refractivity contribution in [3.05, 3.63) is 35.4 Å². The Labute approximate surface area is 100 Å². The van der Waals surface area contributed by atoms with Crippen molar-refractivity contribution in [1.29, 1.82) is 0 Å². The van der Waals surface area contributed by atoms with Crippen molar-refractivity contribution in [2.45, 2.75) is 25.9 Å². The van der Waals surface area contributed by atoms with Crippen molar-refractivity contribution < 1.29 is 8.78 Å². The van der Waals surface area contributed by atoms with Gasteiger partial charge in [-0.05, 0) is 12.0 Å². The molecule has 0 radical (unpaired) electrons. The van der Waals surface area contributed by atoms with Gasteiger partial charge in [-0.25, -0.2) is 8.78 Å². The second kappa shape index (κ2) is 4.35. The van der Waals surface area contributed by atoms with Gasteiger partial charge in [-0.2, -0.15) is 0 Å². The van der Waals surface area contributed by atoms with E-state index in [2.05, 4.69) is 18.7 Å². The van der Waals surface area contributed by atoms with Crippen molar-refractivity contribution in [2.75, 3.05) is 13.1 Å². The molecule has 2 nitrogen and oxygen atoms in total. The van der Waals surface area contributed by atoms with Crippen LogP contribution in [0.15, 0.2) is 18.2 Å². The third-order valence-electron chi connectivity index (χ3n) is 3.59. The molecule has 0 aliphatic carbocycles. The molecule has 0 atom stereocenters. The lowest BCUT2D eigenvalue weighted by atomic mass is 9.80. The summed E-state index contributed by atoms with van der Waals surface area (Å²) in [6, 6.07) is 3.71. The summed E-state index contributed by atoms with van der Waals surface area (Å²) in [7, 11) is 0. The third kappa shape index (κ3) is 2.48. The van der Waals surface area contributed by atoms with Gasteiger partial charge in [0.1, 0.15) is 11.6 Å². The highest BCUT2D eigenvalue weighted by Crippen LogP contribution is 2.27. The molecule has 1 aromatic rings. The summed E-state index contributed by atoms with van der Waals surface area (Å²) >= 11 is 0. The first-order valence-corrected chi connectivity index (χ1v) is 5.86. The molecule has 1 aliphatic rings. The molecule has 1 aliphatic heterocycles. The first-order chi connectivity index (χ1) is 7.90. The Kier molecular flexibility index (Phi) is 3.19. The SMILES string of the molecule is CC(C)C1(N)CN(Cc2ccc(F)cc2F)C1. The van der Waals surface area contributed by atoms with Crippen LogP contribution in [0.2, 0.25) is 0 Å². The van der Waals surface area contributed by atoms with Crippen LogP contribution in [0.5, 0.6) is 0 Å². The molecule has 1 aromatic carbocycles. The van der Waals surface area contributed by atoms with Crippen molar-refractivity contribution >= 4 is 0 Å². The van der Waals surface area contributed by atoms with Crippen molar-refractivity contribution in [3.63, 3.8) is 0 Å². The number of benzene rings is 1. The maximum Gasteiger partial charge on any atom is 0.130 e. The van der Waals surface area contributed by atoms with Gasteiger partial charge < -0.3 is 5.73 Å². The number of nitrogens with zero attached hydrogens (tertiary/aromatic N) is 1. The molecule has 1 fully saturated rings. The average Bonchev–Trinajstić information content (AvgIpc) is 2.19. The van der Waals surface area contributed by atoms with Gasteiger partial charge in [0.2, 0.25) is 0 Å². The molecular weight excluding hydrogens is 222 g/mol. The summed E-state index contributed by atoms with van der Waals surface area (Å²) in [6.07, 6.45) is 0. The Morgan fingerprint density at radius 1 is 1.35 bits per heavy atom. The van der Waals surface area contributed by atoms with Crippen molar-refractivity contribution in [2.24, 2.45) is 11.7 Å². The molecule has 2 N–H and O–H groups in total. The van der Waals surface area contributed by atoms with Gasteiger partial charge in [0.05, 0.1) is 0 Å². The molecule has 2 rings (SSSR count). The minimum Gasteiger partial charge on any atom is -0.323 e. The summed E-state index contributed by atoms with van der Waals surface area (Å²) < 4.78 is 26.2. The molecule has 94 valence electrons. The largest absolute Gasteiger partial charge is 0.323 e. The highest BCUT2D eigenvalue weighted by atomic mass is 19.1. The van der Waals surface area contributed by atoms with Gasteiger partial charge in [-0.1, -0.05) is 19.9 Å². The highest BCUT2D eigenvalue weighted by Gasteiger charge is 2.41. The van der Waals surface area contributed by atoms with Crippen LogP contribution in [0.1, 0.15) is 19.4 Å². The molecule has 0 amide bonds. The topological polar surface area (TPSA) is 29.3 Å². The molecule has 17 heavy (non-hydrogen) atoms. The van der Waals surface area contributed by atoms with E-state index >= 15 is 0 Å². The standard InChI is InChI=1S/C13H18F2N2/c1-9(2)13(16)7-17(8-13)6-10-3-4-11(14)5-12(10)15/h3-5,9H,6-8,16H2,1-2H3. The first-order valence-electron chi connectivity index (χ1n) is 5.86. The lowest BCUT2D eigenvalue weighted by Crippen LogP contribution is -2.69. The predicted molar refractivity (Wildman–Crippen MR) is 63.4 cm³/mol. The van der Waals surface area contributed by atoms with Crippen LogP contribution in [0, 0.1) is 17.6 Å². The fourth-order valence-electron chi connectivity index (χ4n) is 2.15. The Morgan fingerprint density at radius 3 is 2.53 bits per heavy atom. The highest BCUT2D eigenvalue weighted by molar-refractivity contribution is 5.19. The number of hydrogen-bond donors (Lipinski definition) is 1. The Bertz CT molecular complexity index is 412. The summed E-state index contributed by atoms with van der Waals surface area (Å²) in [5.41, 5.74) is 6.53. The zero-order chi connectivity index (χ0) is 12.6. The summed E-state index contributed by atoms with van der Waals surface area (Å²) in [5, 5.41) is 0. The number of likely N-dealkylation sites (tertiary alicyclic amines) is 1. The minimum absolute atomic E-state index is 0.156. The lowest BCUT2D eigenvalue weighted by molar-refractivity contribution is 0.0305. The zero-order valence-electron chi connectivity index (χ0n) is 10.2. The van der Waals surface area contributed by atoms with Crippen LogP contribution in [0.4, 0.5) is 8.78 Å². The first kappa shape index (κ1) is 12.5.